The molecule has 136 valence electrons. The van der Waals surface area contributed by atoms with E-state index in [4.69, 9.17) is 0 Å². The molecule has 1 amide bonds. The molecule has 26 heavy (non-hydrogen) atoms. The van der Waals surface area contributed by atoms with Crippen LogP contribution < -0.4 is 15.8 Å². The molecule has 2 heterocycles. The third-order valence-electron chi connectivity index (χ3n) is 5.33. The molecule has 2 aliphatic rings. The molecule has 1 unspecified atom stereocenters. The lowest BCUT2D eigenvalue weighted by Gasteiger charge is -2.25. The first-order valence-corrected chi connectivity index (χ1v) is 9.37. The number of aromatic nitrogens is 2. The highest BCUT2D eigenvalue weighted by molar-refractivity contribution is 5.76. The molecule has 6 heteroatoms. The number of aryl methyl sites for hydroxylation is 1. The third kappa shape index (κ3) is 3.64. The van der Waals surface area contributed by atoms with Crippen LogP contribution in [0.2, 0.25) is 0 Å². The highest BCUT2D eigenvalue weighted by Crippen LogP contribution is 2.21. The number of rotatable bonds is 4. The number of nitrogens with zero attached hydrogens (tertiary/aromatic N) is 3. The molecule has 1 N–H and O–H groups in total. The molecule has 1 aliphatic heterocycles. The van der Waals surface area contributed by atoms with Gasteiger partial charge >= 0.3 is 0 Å². The lowest BCUT2D eigenvalue weighted by atomic mass is 9.88. The zero-order chi connectivity index (χ0) is 17.9. The van der Waals surface area contributed by atoms with Gasteiger partial charge < -0.3 is 10.2 Å². The summed E-state index contributed by atoms with van der Waals surface area (Å²) in [7, 11) is 0. The van der Waals surface area contributed by atoms with Gasteiger partial charge in [-0.05, 0) is 43.2 Å². The molecule has 0 saturated carbocycles. The van der Waals surface area contributed by atoms with E-state index < -0.39 is 0 Å². The van der Waals surface area contributed by atoms with Gasteiger partial charge in [-0.25, -0.2) is 4.68 Å². The number of hydrogen-bond acceptors (Lipinski definition) is 4. The van der Waals surface area contributed by atoms with Crippen molar-refractivity contribution in [1.29, 1.82) is 0 Å². The quantitative estimate of drug-likeness (QED) is 0.906. The van der Waals surface area contributed by atoms with Crippen LogP contribution in [0.3, 0.4) is 0 Å². The molecule has 1 aromatic carbocycles. The number of amides is 1. The van der Waals surface area contributed by atoms with E-state index in [1.54, 1.807) is 12.3 Å². The van der Waals surface area contributed by atoms with Crippen molar-refractivity contribution in [3.8, 4) is 0 Å². The minimum absolute atomic E-state index is 0.0305. The van der Waals surface area contributed by atoms with E-state index in [-0.39, 0.29) is 24.1 Å². The smallest absolute Gasteiger partial charge is 0.269 e. The first kappa shape index (κ1) is 16.8. The van der Waals surface area contributed by atoms with E-state index >= 15 is 0 Å². The topological polar surface area (TPSA) is 67.2 Å². The molecule has 0 radical (unpaired) electrons. The number of carbonyl (C=O) groups excluding carboxylic acids is 1. The van der Waals surface area contributed by atoms with Gasteiger partial charge in [0.2, 0.25) is 5.91 Å². The van der Waals surface area contributed by atoms with Crippen LogP contribution in [-0.2, 0) is 24.2 Å². The summed E-state index contributed by atoms with van der Waals surface area (Å²) < 4.78 is 1.24. The van der Waals surface area contributed by atoms with Crippen molar-refractivity contribution in [2.24, 2.45) is 0 Å². The Kier molecular flexibility index (Phi) is 4.73. The minimum atomic E-state index is -0.224. The lowest BCUT2D eigenvalue weighted by molar-refractivity contribution is -0.122. The average Bonchev–Trinajstić information content (AvgIpc) is 3.18. The summed E-state index contributed by atoms with van der Waals surface area (Å²) in [6, 6.07) is 10.1. The fourth-order valence-electron chi connectivity index (χ4n) is 3.92. The Morgan fingerprint density at radius 2 is 1.96 bits per heavy atom. The lowest BCUT2D eigenvalue weighted by Crippen LogP contribution is -2.42. The van der Waals surface area contributed by atoms with E-state index in [1.807, 2.05) is 6.07 Å². The van der Waals surface area contributed by atoms with Gasteiger partial charge in [-0.15, -0.1) is 0 Å². The molecule has 1 aromatic heterocycles. The Hall–Kier alpha value is -2.63. The molecular formula is C20H24N4O2. The van der Waals surface area contributed by atoms with Gasteiger partial charge in [0.25, 0.3) is 5.56 Å². The molecule has 1 atom stereocenters. The predicted molar refractivity (Wildman–Crippen MR) is 100 cm³/mol. The summed E-state index contributed by atoms with van der Waals surface area (Å²) in [5, 5.41) is 7.25. The molecule has 2 aromatic rings. The number of benzene rings is 1. The summed E-state index contributed by atoms with van der Waals surface area (Å²) in [6.45, 7) is 1.90. The van der Waals surface area contributed by atoms with Gasteiger partial charge in [-0.1, -0.05) is 24.3 Å². The fourth-order valence-corrected chi connectivity index (χ4v) is 3.92. The van der Waals surface area contributed by atoms with Crippen LogP contribution in [0, 0.1) is 0 Å². The van der Waals surface area contributed by atoms with Crippen LogP contribution in [0.1, 0.15) is 30.4 Å². The molecule has 0 bridgehead atoms. The zero-order valence-corrected chi connectivity index (χ0v) is 14.9. The van der Waals surface area contributed by atoms with E-state index in [2.05, 4.69) is 33.5 Å². The first-order valence-electron chi connectivity index (χ1n) is 9.37. The van der Waals surface area contributed by atoms with Crippen molar-refractivity contribution in [2.45, 2.75) is 44.7 Å². The molecule has 6 nitrogen and oxygen atoms in total. The molecule has 1 saturated heterocycles. The summed E-state index contributed by atoms with van der Waals surface area (Å²) >= 11 is 0. The van der Waals surface area contributed by atoms with Gasteiger partial charge in [-0.2, -0.15) is 5.10 Å². The number of carbonyl (C=O) groups is 1. The summed E-state index contributed by atoms with van der Waals surface area (Å²) in [4.78, 5) is 26.8. The van der Waals surface area contributed by atoms with Crippen LogP contribution in [0.15, 0.2) is 41.3 Å². The van der Waals surface area contributed by atoms with E-state index in [0.29, 0.717) is 0 Å². The second kappa shape index (κ2) is 7.32. The third-order valence-corrected chi connectivity index (χ3v) is 5.33. The van der Waals surface area contributed by atoms with E-state index in [9.17, 15) is 9.59 Å². The van der Waals surface area contributed by atoms with E-state index in [1.165, 1.54) is 15.8 Å². The summed E-state index contributed by atoms with van der Waals surface area (Å²) in [5.74, 6) is -0.155. The normalized spacial score (nSPS) is 19.2. The Balaban J connectivity index is 1.37. The van der Waals surface area contributed by atoms with Crippen molar-refractivity contribution >= 4 is 11.6 Å². The van der Waals surface area contributed by atoms with Gasteiger partial charge in [0.1, 0.15) is 6.54 Å². The van der Waals surface area contributed by atoms with Crippen molar-refractivity contribution in [3.63, 3.8) is 0 Å². The largest absolute Gasteiger partial charge is 0.370 e. The highest BCUT2D eigenvalue weighted by atomic mass is 16.2. The van der Waals surface area contributed by atoms with Crippen LogP contribution in [0.25, 0.3) is 0 Å². The van der Waals surface area contributed by atoms with Gasteiger partial charge in [0.05, 0.1) is 11.9 Å². The molecule has 0 spiro atoms. The summed E-state index contributed by atoms with van der Waals surface area (Å²) in [5.41, 5.74) is 3.30. The monoisotopic (exact) mass is 352 g/mol. The minimum Gasteiger partial charge on any atom is -0.370 e. The van der Waals surface area contributed by atoms with Crippen LogP contribution in [-0.4, -0.2) is 34.8 Å². The van der Waals surface area contributed by atoms with E-state index in [0.717, 1.165) is 50.9 Å². The second-order valence-electron chi connectivity index (χ2n) is 7.18. The number of anilines is 1. The van der Waals surface area contributed by atoms with Crippen molar-refractivity contribution < 1.29 is 4.79 Å². The maximum atomic E-state index is 12.4. The predicted octanol–water partition coefficient (Wildman–Crippen LogP) is 1.52. The second-order valence-corrected chi connectivity index (χ2v) is 7.18. The Labute approximate surface area is 152 Å². The Morgan fingerprint density at radius 3 is 2.73 bits per heavy atom. The maximum Gasteiger partial charge on any atom is 0.269 e. The van der Waals surface area contributed by atoms with Gasteiger partial charge in [-0.3, -0.25) is 9.59 Å². The molecule has 1 aliphatic carbocycles. The van der Waals surface area contributed by atoms with Crippen molar-refractivity contribution in [3.05, 3.63) is 58.0 Å². The average molecular weight is 352 g/mol. The highest BCUT2D eigenvalue weighted by Gasteiger charge is 2.20. The molecular weight excluding hydrogens is 328 g/mol. The zero-order valence-electron chi connectivity index (χ0n) is 14.9. The number of fused-ring (bicyclic) bond motifs is 1. The summed E-state index contributed by atoms with van der Waals surface area (Å²) in [6.07, 6.45) is 6.74. The number of nitrogens with one attached hydrogen (secondary N) is 1. The fraction of sp³-hybridized carbons (Fsp3) is 0.450. The first-order chi connectivity index (χ1) is 12.7. The van der Waals surface area contributed by atoms with Crippen LogP contribution >= 0.6 is 0 Å². The van der Waals surface area contributed by atoms with Crippen LogP contribution in [0.5, 0.6) is 0 Å². The van der Waals surface area contributed by atoms with Crippen molar-refractivity contribution in [1.82, 2.24) is 15.1 Å². The maximum absolute atomic E-state index is 12.4. The van der Waals surface area contributed by atoms with Gasteiger partial charge in [0, 0.05) is 25.2 Å². The van der Waals surface area contributed by atoms with Crippen LogP contribution in [0.4, 0.5) is 5.69 Å². The molecule has 1 fully saturated rings. The Morgan fingerprint density at radius 1 is 1.19 bits per heavy atom. The SMILES string of the molecule is O=C(Cn1ncc(N2CCCC2)cc1=O)NC1CCc2ccccc2C1. The van der Waals surface area contributed by atoms with Gasteiger partial charge in [0.15, 0.2) is 0 Å². The standard InChI is InChI=1S/C20H24N4O2/c25-19(22-17-8-7-15-5-1-2-6-16(15)11-17)14-24-20(26)12-18(13-21-24)23-9-3-4-10-23/h1-2,5-6,12-13,17H,3-4,7-11,14H2,(H,22,25). The Bertz CT molecular complexity index is 855. The van der Waals surface area contributed by atoms with Crippen molar-refractivity contribution in [2.75, 3.05) is 18.0 Å². The molecule has 4 rings (SSSR count). The number of hydrogen-bond donors (Lipinski definition) is 1.